The third-order valence-electron chi connectivity index (χ3n) is 5.48. The molecule has 1 atom stereocenters. The van der Waals surface area contributed by atoms with Crippen LogP contribution in [0.3, 0.4) is 0 Å². The highest BCUT2D eigenvalue weighted by molar-refractivity contribution is 7.13. The first-order valence-electron chi connectivity index (χ1n) is 9.72. The summed E-state index contributed by atoms with van der Waals surface area (Å²) in [4.78, 5) is 27.2. The largest absolute Gasteiger partial charge is 0.337 e. The van der Waals surface area contributed by atoms with Crippen molar-refractivity contribution in [1.29, 1.82) is 0 Å². The van der Waals surface area contributed by atoms with E-state index in [9.17, 15) is 4.79 Å². The molecule has 0 N–H and O–H groups in total. The Balaban J connectivity index is 1.42. The Kier molecular flexibility index (Phi) is 5.36. The molecule has 140 valence electrons. The summed E-state index contributed by atoms with van der Waals surface area (Å²) in [7, 11) is 0. The van der Waals surface area contributed by atoms with E-state index < -0.39 is 0 Å². The first kappa shape index (κ1) is 17.7. The van der Waals surface area contributed by atoms with E-state index in [0.717, 1.165) is 67.8 Å². The second kappa shape index (κ2) is 7.88. The van der Waals surface area contributed by atoms with Crippen LogP contribution in [0.1, 0.15) is 59.0 Å². The van der Waals surface area contributed by atoms with Crippen molar-refractivity contribution in [3.63, 3.8) is 0 Å². The first-order valence-corrected chi connectivity index (χ1v) is 10.5. The normalized spacial score (nSPS) is 21.4. The topological polar surface area (TPSA) is 54.3 Å². The second-order valence-corrected chi connectivity index (χ2v) is 8.38. The van der Waals surface area contributed by atoms with Crippen LogP contribution in [-0.2, 0) is 13.1 Å². The minimum absolute atomic E-state index is 0.134. The van der Waals surface area contributed by atoms with Crippen LogP contribution in [0.25, 0.3) is 0 Å². The fourth-order valence-corrected chi connectivity index (χ4v) is 5.02. The maximum absolute atomic E-state index is 13.0. The van der Waals surface area contributed by atoms with Gasteiger partial charge in [0.15, 0.2) is 0 Å². The summed E-state index contributed by atoms with van der Waals surface area (Å²) < 4.78 is 2.19. The highest BCUT2D eigenvalue weighted by Crippen LogP contribution is 2.28. The van der Waals surface area contributed by atoms with E-state index in [1.165, 1.54) is 12.8 Å². The van der Waals surface area contributed by atoms with Crippen LogP contribution in [0.2, 0.25) is 0 Å². The number of imidazole rings is 1. The van der Waals surface area contributed by atoms with E-state index in [1.807, 2.05) is 17.3 Å². The highest BCUT2D eigenvalue weighted by atomic mass is 32.1. The van der Waals surface area contributed by atoms with Crippen molar-refractivity contribution < 1.29 is 4.79 Å². The van der Waals surface area contributed by atoms with Crippen LogP contribution < -0.4 is 0 Å². The lowest BCUT2D eigenvalue weighted by Gasteiger charge is -2.32. The summed E-state index contributed by atoms with van der Waals surface area (Å²) in [6.45, 7) is 7.84. The maximum Gasteiger partial charge on any atom is 0.265 e. The number of nitrogens with zero attached hydrogens (tertiary/aromatic N) is 5. The van der Waals surface area contributed by atoms with Gasteiger partial charge in [-0.15, -0.1) is 11.3 Å². The molecule has 0 radical (unpaired) electrons. The Hall–Kier alpha value is -1.73. The third kappa shape index (κ3) is 3.69. The Morgan fingerprint density at radius 3 is 2.88 bits per heavy atom. The van der Waals surface area contributed by atoms with E-state index >= 15 is 0 Å². The average Bonchev–Trinajstić information content (AvgIpc) is 3.43. The van der Waals surface area contributed by atoms with Crippen LogP contribution in [0.4, 0.5) is 0 Å². The van der Waals surface area contributed by atoms with Crippen molar-refractivity contribution in [3.8, 4) is 0 Å². The van der Waals surface area contributed by atoms with Crippen molar-refractivity contribution >= 4 is 17.2 Å². The van der Waals surface area contributed by atoms with Gasteiger partial charge in [-0.1, -0.05) is 0 Å². The molecule has 4 heterocycles. The van der Waals surface area contributed by atoms with Gasteiger partial charge < -0.3 is 9.47 Å². The molecule has 0 aliphatic carbocycles. The molecule has 1 amide bonds. The number of piperidine rings is 1. The van der Waals surface area contributed by atoms with Gasteiger partial charge in [0.2, 0.25) is 0 Å². The summed E-state index contributed by atoms with van der Waals surface area (Å²) in [5.74, 6) is 1.58. The zero-order chi connectivity index (χ0) is 17.9. The quantitative estimate of drug-likeness (QED) is 0.809. The summed E-state index contributed by atoms with van der Waals surface area (Å²) in [6, 6.07) is 0. The minimum atomic E-state index is 0.134. The van der Waals surface area contributed by atoms with Gasteiger partial charge in [-0.05, 0) is 45.7 Å². The molecule has 0 aromatic carbocycles. The van der Waals surface area contributed by atoms with Gasteiger partial charge in [0.25, 0.3) is 5.91 Å². The number of hydrogen-bond acceptors (Lipinski definition) is 5. The van der Waals surface area contributed by atoms with Gasteiger partial charge in [0, 0.05) is 37.9 Å². The summed E-state index contributed by atoms with van der Waals surface area (Å²) >= 11 is 1.56. The minimum Gasteiger partial charge on any atom is -0.337 e. The van der Waals surface area contributed by atoms with Crippen molar-refractivity contribution in [2.45, 2.75) is 51.6 Å². The molecule has 2 aromatic rings. The van der Waals surface area contributed by atoms with Gasteiger partial charge in [0.1, 0.15) is 15.7 Å². The number of likely N-dealkylation sites (tertiary alicyclic amines) is 2. The maximum atomic E-state index is 13.0. The SMILES string of the molecule is CCn1ccnc1[C@@H]1CCCN(C(=O)c2cnc(CN3CCCC3)s2)C1. The predicted octanol–water partition coefficient (Wildman–Crippen LogP) is 2.98. The molecule has 2 fully saturated rings. The van der Waals surface area contributed by atoms with Gasteiger partial charge in [0.05, 0.1) is 12.7 Å². The van der Waals surface area contributed by atoms with Crippen LogP contribution >= 0.6 is 11.3 Å². The summed E-state index contributed by atoms with van der Waals surface area (Å²) in [6.07, 6.45) is 10.4. The van der Waals surface area contributed by atoms with E-state index in [1.54, 1.807) is 17.5 Å². The van der Waals surface area contributed by atoms with Gasteiger partial charge in [-0.3, -0.25) is 9.69 Å². The fourth-order valence-electron chi connectivity index (χ4n) is 4.09. The van der Waals surface area contributed by atoms with E-state index in [-0.39, 0.29) is 5.91 Å². The number of carbonyl (C=O) groups excluding carboxylic acids is 1. The molecule has 0 bridgehead atoms. The summed E-state index contributed by atoms with van der Waals surface area (Å²) in [5, 5.41) is 1.06. The van der Waals surface area contributed by atoms with E-state index in [0.29, 0.717) is 5.92 Å². The molecule has 2 aliphatic heterocycles. The average molecular weight is 374 g/mol. The lowest BCUT2D eigenvalue weighted by Crippen LogP contribution is -2.39. The number of rotatable bonds is 5. The molecule has 2 aromatic heterocycles. The number of thiazole rings is 1. The van der Waals surface area contributed by atoms with Crippen LogP contribution in [-0.4, -0.2) is 56.4 Å². The molecule has 7 heteroatoms. The van der Waals surface area contributed by atoms with E-state index in [4.69, 9.17) is 0 Å². The molecule has 0 spiro atoms. The zero-order valence-corrected chi connectivity index (χ0v) is 16.2. The zero-order valence-electron chi connectivity index (χ0n) is 15.4. The first-order chi connectivity index (χ1) is 12.7. The molecular formula is C19H27N5OS. The molecule has 0 unspecified atom stereocenters. The molecular weight excluding hydrogens is 346 g/mol. The number of aromatic nitrogens is 3. The van der Waals surface area contributed by atoms with E-state index in [2.05, 4.69) is 26.4 Å². The molecule has 6 nitrogen and oxygen atoms in total. The second-order valence-electron chi connectivity index (χ2n) is 7.26. The lowest BCUT2D eigenvalue weighted by atomic mass is 9.97. The number of amides is 1. The van der Waals surface area contributed by atoms with Crippen molar-refractivity contribution in [1.82, 2.24) is 24.3 Å². The molecule has 0 saturated carbocycles. The fraction of sp³-hybridized carbons (Fsp3) is 0.632. The Morgan fingerprint density at radius 1 is 1.23 bits per heavy atom. The number of carbonyl (C=O) groups is 1. The number of hydrogen-bond donors (Lipinski definition) is 0. The van der Waals surface area contributed by atoms with Crippen molar-refractivity contribution in [2.24, 2.45) is 0 Å². The predicted molar refractivity (Wildman–Crippen MR) is 102 cm³/mol. The third-order valence-corrected chi connectivity index (χ3v) is 6.45. The molecule has 4 rings (SSSR count). The van der Waals surface area contributed by atoms with Gasteiger partial charge >= 0.3 is 0 Å². The van der Waals surface area contributed by atoms with Crippen LogP contribution in [0, 0.1) is 0 Å². The molecule has 26 heavy (non-hydrogen) atoms. The van der Waals surface area contributed by atoms with Gasteiger partial charge in [-0.2, -0.15) is 0 Å². The highest BCUT2D eigenvalue weighted by Gasteiger charge is 2.29. The van der Waals surface area contributed by atoms with Crippen LogP contribution in [0.15, 0.2) is 18.6 Å². The monoisotopic (exact) mass is 373 g/mol. The number of aryl methyl sites for hydroxylation is 1. The lowest BCUT2D eigenvalue weighted by molar-refractivity contribution is 0.0708. The Bertz CT molecular complexity index is 749. The van der Waals surface area contributed by atoms with Crippen molar-refractivity contribution in [2.75, 3.05) is 26.2 Å². The Labute approximate surface area is 158 Å². The van der Waals surface area contributed by atoms with Gasteiger partial charge in [-0.25, -0.2) is 9.97 Å². The molecule has 2 saturated heterocycles. The molecule has 2 aliphatic rings. The Morgan fingerprint density at radius 2 is 2.08 bits per heavy atom. The standard InChI is InChI=1S/C19H27N5OS/c1-2-23-11-7-20-18(23)15-6-5-10-24(13-15)19(25)16-12-21-17(26-16)14-22-8-3-4-9-22/h7,11-12,15H,2-6,8-10,13-14H2,1H3/t15-/m1/s1. The summed E-state index contributed by atoms with van der Waals surface area (Å²) in [5.41, 5.74) is 0. The van der Waals surface area contributed by atoms with Crippen LogP contribution in [0.5, 0.6) is 0 Å². The van der Waals surface area contributed by atoms with Crippen molar-refractivity contribution in [3.05, 3.63) is 34.3 Å². The smallest absolute Gasteiger partial charge is 0.265 e.